The Bertz CT molecular complexity index is 707. The second kappa shape index (κ2) is 5.71. The largest absolute Gasteiger partial charge is 0.470 e. The van der Waals surface area contributed by atoms with Gasteiger partial charge in [-0.1, -0.05) is 54.6 Å². The van der Waals surface area contributed by atoms with Crippen molar-refractivity contribution in [3.63, 3.8) is 0 Å². The van der Waals surface area contributed by atoms with E-state index in [9.17, 15) is 9.59 Å². The highest BCUT2D eigenvalue weighted by molar-refractivity contribution is 6.10. The van der Waals surface area contributed by atoms with Crippen LogP contribution >= 0.6 is 0 Å². The van der Waals surface area contributed by atoms with Crippen LogP contribution in [0, 0.1) is 0 Å². The molecule has 2 aromatic rings. The lowest BCUT2D eigenvalue weighted by Crippen LogP contribution is -2.20. The third kappa shape index (κ3) is 2.74. The minimum absolute atomic E-state index is 0.0578. The number of carbonyl (C=O) groups is 2. The molecule has 0 aromatic heterocycles. The van der Waals surface area contributed by atoms with E-state index in [-0.39, 0.29) is 11.7 Å². The molecule has 0 spiro atoms. The molecule has 1 heterocycles. The molecule has 0 radical (unpaired) electrons. The molecule has 21 heavy (non-hydrogen) atoms. The van der Waals surface area contributed by atoms with Crippen molar-refractivity contribution in [2.24, 2.45) is 4.99 Å². The standard InChI is InChI=1S/C17H13NO3/c19-16(12-6-2-1-3-7-12)14-9-5-4-8-13(14)10-15-17(20)18-11-21-15/h1-9,11,15H,10H2. The van der Waals surface area contributed by atoms with Crippen LogP contribution < -0.4 is 0 Å². The Balaban J connectivity index is 1.89. The van der Waals surface area contributed by atoms with E-state index >= 15 is 0 Å². The summed E-state index contributed by atoms with van der Waals surface area (Å²) in [4.78, 5) is 27.7. The van der Waals surface area contributed by atoms with Gasteiger partial charge in [0.1, 0.15) is 0 Å². The van der Waals surface area contributed by atoms with E-state index in [1.54, 1.807) is 18.2 Å². The zero-order valence-electron chi connectivity index (χ0n) is 11.2. The van der Waals surface area contributed by atoms with E-state index in [4.69, 9.17) is 4.74 Å². The highest BCUT2D eigenvalue weighted by Crippen LogP contribution is 2.18. The molecule has 2 aromatic carbocycles. The molecule has 104 valence electrons. The van der Waals surface area contributed by atoms with E-state index in [2.05, 4.69) is 4.99 Å². The lowest BCUT2D eigenvalue weighted by molar-refractivity contribution is -0.122. The van der Waals surface area contributed by atoms with Gasteiger partial charge in [0.05, 0.1) is 0 Å². The molecule has 0 saturated carbocycles. The summed E-state index contributed by atoms with van der Waals surface area (Å²) in [5, 5.41) is 0. The number of benzene rings is 2. The SMILES string of the molecule is O=C(c1ccccc1)c1ccccc1CC1OC=NC1=O. The molecule has 0 bridgehead atoms. The smallest absolute Gasteiger partial charge is 0.289 e. The van der Waals surface area contributed by atoms with E-state index in [0.29, 0.717) is 17.5 Å². The number of hydrogen-bond donors (Lipinski definition) is 0. The molecule has 1 aliphatic rings. The summed E-state index contributed by atoms with van der Waals surface area (Å²) in [6.07, 6.45) is 0.872. The third-order valence-electron chi connectivity index (χ3n) is 3.38. The predicted molar refractivity (Wildman–Crippen MR) is 78.4 cm³/mol. The van der Waals surface area contributed by atoms with Crippen molar-refractivity contribution in [1.29, 1.82) is 0 Å². The van der Waals surface area contributed by atoms with E-state index in [1.807, 2.05) is 36.4 Å². The highest BCUT2D eigenvalue weighted by atomic mass is 16.5. The van der Waals surface area contributed by atoms with Crippen LogP contribution in [0.25, 0.3) is 0 Å². The van der Waals surface area contributed by atoms with Crippen LogP contribution in [0.5, 0.6) is 0 Å². The minimum Gasteiger partial charge on any atom is -0.470 e. The lowest BCUT2D eigenvalue weighted by Gasteiger charge is -2.11. The van der Waals surface area contributed by atoms with Gasteiger partial charge in [-0.2, -0.15) is 4.99 Å². The van der Waals surface area contributed by atoms with Crippen molar-refractivity contribution in [3.05, 3.63) is 71.3 Å². The Morgan fingerprint density at radius 1 is 1.05 bits per heavy atom. The molecule has 0 aliphatic carbocycles. The molecule has 1 atom stereocenters. The molecule has 0 N–H and O–H groups in total. The fourth-order valence-corrected chi connectivity index (χ4v) is 2.30. The van der Waals surface area contributed by atoms with Crippen LogP contribution in [-0.2, 0) is 16.0 Å². The van der Waals surface area contributed by atoms with E-state index in [0.717, 1.165) is 12.0 Å². The second-order valence-corrected chi connectivity index (χ2v) is 4.75. The van der Waals surface area contributed by atoms with Crippen LogP contribution in [0.1, 0.15) is 21.5 Å². The van der Waals surface area contributed by atoms with Gasteiger partial charge in [-0.05, 0) is 5.56 Å². The average molecular weight is 279 g/mol. The van der Waals surface area contributed by atoms with Gasteiger partial charge in [-0.3, -0.25) is 9.59 Å². The van der Waals surface area contributed by atoms with E-state index < -0.39 is 6.10 Å². The van der Waals surface area contributed by atoms with Crippen molar-refractivity contribution in [2.45, 2.75) is 12.5 Å². The Kier molecular flexibility index (Phi) is 3.60. The highest BCUT2D eigenvalue weighted by Gasteiger charge is 2.25. The topological polar surface area (TPSA) is 55.7 Å². The summed E-state index contributed by atoms with van der Waals surface area (Å²) in [5.74, 6) is -0.366. The van der Waals surface area contributed by atoms with Gasteiger partial charge < -0.3 is 4.74 Å². The molecular formula is C17H13NO3. The third-order valence-corrected chi connectivity index (χ3v) is 3.38. The Morgan fingerprint density at radius 2 is 1.76 bits per heavy atom. The zero-order valence-corrected chi connectivity index (χ0v) is 11.2. The van der Waals surface area contributed by atoms with Crippen LogP contribution in [0.15, 0.2) is 59.6 Å². The van der Waals surface area contributed by atoms with Gasteiger partial charge in [0.15, 0.2) is 18.3 Å². The number of hydrogen-bond acceptors (Lipinski definition) is 3. The Hall–Kier alpha value is -2.75. The lowest BCUT2D eigenvalue weighted by atomic mass is 9.95. The van der Waals surface area contributed by atoms with Crippen molar-refractivity contribution >= 4 is 18.1 Å². The van der Waals surface area contributed by atoms with Crippen molar-refractivity contribution in [2.75, 3.05) is 0 Å². The van der Waals surface area contributed by atoms with Gasteiger partial charge in [0.2, 0.25) is 0 Å². The number of nitrogens with zero attached hydrogens (tertiary/aromatic N) is 1. The average Bonchev–Trinajstić information content (AvgIpc) is 2.93. The molecule has 3 rings (SSSR count). The fourth-order valence-electron chi connectivity index (χ4n) is 2.30. The van der Waals surface area contributed by atoms with E-state index in [1.165, 1.54) is 0 Å². The summed E-state index contributed by atoms with van der Waals surface area (Å²) in [7, 11) is 0. The van der Waals surface area contributed by atoms with Crippen LogP contribution in [0.4, 0.5) is 0 Å². The molecule has 0 saturated heterocycles. The quantitative estimate of drug-likeness (QED) is 0.808. The number of ether oxygens (including phenoxy) is 1. The van der Waals surface area contributed by atoms with Crippen LogP contribution in [-0.4, -0.2) is 24.2 Å². The summed E-state index contributed by atoms with van der Waals surface area (Å²) >= 11 is 0. The number of ketones is 1. The summed E-state index contributed by atoms with van der Waals surface area (Å²) in [5.41, 5.74) is 2.00. The molecular weight excluding hydrogens is 266 g/mol. The number of carbonyl (C=O) groups excluding carboxylic acids is 2. The molecule has 0 fully saturated rings. The van der Waals surface area contributed by atoms with Crippen LogP contribution in [0.2, 0.25) is 0 Å². The van der Waals surface area contributed by atoms with Crippen molar-refractivity contribution in [3.8, 4) is 0 Å². The van der Waals surface area contributed by atoms with Crippen molar-refractivity contribution in [1.82, 2.24) is 0 Å². The Labute approximate surface area is 122 Å². The normalized spacial score (nSPS) is 16.8. The Morgan fingerprint density at radius 3 is 2.48 bits per heavy atom. The number of amides is 1. The van der Waals surface area contributed by atoms with Gasteiger partial charge >= 0.3 is 0 Å². The van der Waals surface area contributed by atoms with Crippen LogP contribution in [0.3, 0.4) is 0 Å². The first kappa shape index (κ1) is 13.2. The van der Waals surface area contributed by atoms with Gasteiger partial charge in [0.25, 0.3) is 5.91 Å². The molecule has 4 heteroatoms. The fraction of sp³-hybridized carbons (Fsp3) is 0.118. The molecule has 1 aliphatic heterocycles. The number of aliphatic imine (C=N–C) groups is 1. The maximum atomic E-state index is 12.6. The summed E-state index contributed by atoms with van der Waals surface area (Å²) < 4.78 is 5.16. The maximum absolute atomic E-state index is 12.6. The summed E-state index contributed by atoms with van der Waals surface area (Å²) in [6, 6.07) is 16.3. The monoisotopic (exact) mass is 279 g/mol. The van der Waals surface area contributed by atoms with Crippen molar-refractivity contribution < 1.29 is 14.3 Å². The molecule has 4 nitrogen and oxygen atoms in total. The van der Waals surface area contributed by atoms with Gasteiger partial charge in [-0.25, -0.2) is 0 Å². The number of rotatable bonds is 4. The molecule has 1 unspecified atom stereocenters. The maximum Gasteiger partial charge on any atom is 0.289 e. The first-order valence-corrected chi connectivity index (χ1v) is 6.65. The van der Waals surface area contributed by atoms with Gasteiger partial charge in [-0.15, -0.1) is 0 Å². The second-order valence-electron chi connectivity index (χ2n) is 4.75. The van der Waals surface area contributed by atoms with Gasteiger partial charge in [0, 0.05) is 17.5 Å². The summed E-state index contributed by atoms with van der Waals surface area (Å²) in [6.45, 7) is 0. The molecule has 1 amide bonds. The zero-order chi connectivity index (χ0) is 14.7. The minimum atomic E-state index is -0.630. The first-order valence-electron chi connectivity index (χ1n) is 6.65. The predicted octanol–water partition coefficient (Wildman–Crippen LogP) is 2.41. The first-order chi connectivity index (χ1) is 10.3.